The van der Waals surface area contributed by atoms with Crippen LogP contribution in [0.2, 0.25) is 0 Å². The van der Waals surface area contributed by atoms with Gasteiger partial charge in [0.2, 0.25) is 0 Å². The zero-order valence-electron chi connectivity index (χ0n) is 17.4. The highest BCUT2D eigenvalue weighted by Crippen LogP contribution is 2.45. The first-order valence-corrected chi connectivity index (χ1v) is 12.2. The number of aromatic nitrogens is 3. The number of pyridine rings is 1. The number of nitrogens with zero attached hydrogens (tertiary/aromatic N) is 3. The Morgan fingerprint density at radius 3 is 2.70 bits per heavy atom. The van der Waals surface area contributed by atoms with Crippen LogP contribution in [0.1, 0.15) is 16.8 Å². The lowest BCUT2D eigenvalue weighted by atomic mass is 10.1. The zero-order chi connectivity index (χ0) is 23.2. The number of carbonyl (C=O) groups is 1. The average Bonchev–Trinajstić information content (AvgIpc) is 3.33. The molecule has 1 amide bonds. The number of carbonyl (C=O) groups excluding carboxylic acids is 1. The molecular formula is C23H21FN4O4S. The van der Waals surface area contributed by atoms with Gasteiger partial charge in [-0.2, -0.15) is 20.4 Å². The molecule has 0 aliphatic carbocycles. The fourth-order valence-electron chi connectivity index (χ4n) is 4.05. The monoisotopic (exact) mass is 468 g/mol. The summed E-state index contributed by atoms with van der Waals surface area (Å²) in [4.78, 5) is 12.9. The standard InChI is InChI=1S/C23H21FN4O4S/c24-17-4-6-19(7-5-17)28-21-12-15(23(29)25-18-9-11-33(31,32)14-18)3-8-20(21)22(26-28)16-2-1-10-27(30)13-16/h1-8,10,12-13,18,31-32H,9,11,14H2,(H,25,29). The molecule has 3 N–H and O–H groups in total. The smallest absolute Gasteiger partial charge is 0.251 e. The Labute approximate surface area is 190 Å². The molecule has 1 unspecified atom stereocenters. The van der Waals surface area contributed by atoms with Crippen LogP contribution in [0, 0.1) is 11.0 Å². The minimum absolute atomic E-state index is 0.155. The van der Waals surface area contributed by atoms with E-state index in [2.05, 4.69) is 10.4 Å². The fraction of sp³-hybridized carbons (Fsp3) is 0.174. The molecule has 0 radical (unpaired) electrons. The van der Waals surface area contributed by atoms with Crippen molar-refractivity contribution in [2.24, 2.45) is 0 Å². The van der Waals surface area contributed by atoms with Crippen LogP contribution in [0.4, 0.5) is 4.39 Å². The van der Waals surface area contributed by atoms with Crippen LogP contribution < -0.4 is 10.0 Å². The van der Waals surface area contributed by atoms with Gasteiger partial charge in [0.15, 0.2) is 12.4 Å². The van der Waals surface area contributed by atoms with E-state index in [9.17, 15) is 23.5 Å². The predicted molar refractivity (Wildman–Crippen MR) is 124 cm³/mol. The highest BCUT2D eigenvalue weighted by Gasteiger charge is 2.29. The molecule has 2 aromatic carbocycles. The molecule has 8 nitrogen and oxygen atoms in total. The molecule has 10 heteroatoms. The van der Waals surface area contributed by atoms with Crippen molar-refractivity contribution >= 4 is 27.4 Å². The second-order valence-corrected chi connectivity index (χ2v) is 10.4. The van der Waals surface area contributed by atoms with E-state index in [4.69, 9.17) is 0 Å². The van der Waals surface area contributed by atoms with Gasteiger partial charge in [-0.3, -0.25) is 13.9 Å². The lowest BCUT2D eigenvalue weighted by molar-refractivity contribution is -0.604. The quantitative estimate of drug-likeness (QED) is 0.312. The SMILES string of the molecule is O=C(NC1CCS(O)(O)C1)c1ccc2c(-c3ccc[n+]([O-])c3)nn(-c3ccc(F)cc3)c2c1. The van der Waals surface area contributed by atoms with Crippen LogP contribution in [0.25, 0.3) is 27.8 Å². The molecular weight excluding hydrogens is 447 g/mol. The van der Waals surface area contributed by atoms with Crippen LogP contribution in [0.5, 0.6) is 0 Å². The Balaban J connectivity index is 1.58. The molecule has 2 aromatic heterocycles. The van der Waals surface area contributed by atoms with E-state index in [1.165, 1.54) is 24.5 Å². The second kappa shape index (κ2) is 8.14. The molecule has 33 heavy (non-hydrogen) atoms. The van der Waals surface area contributed by atoms with Crippen molar-refractivity contribution in [3.8, 4) is 16.9 Å². The largest absolute Gasteiger partial charge is 0.619 e. The second-order valence-electron chi connectivity index (χ2n) is 8.05. The Hall–Kier alpha value is -3.47. The number of fused-ring (bicyclic) bond motifs is 1. The molecule has 4 aromatic rings. The number of hydrogen-bond donors (Lipinski definition) is 3. The van der Waals surface area contributed by atoms with Crippen molar-refractivity contribution in [2.75, 3.05) is 11.5 Å². The summed E-state index contributed by atoms with van der Waals surface area (Å²) >= 11 is 0. The van der Waals surface area contributed by atoms with Crippen LogP contribution in [0.3, 0.4) is 0 Å². The van der Waals surface area contributed by atoms with Gasteiger partial charge in [0.05, 0.1) is 22.5 Å². The third kappa shape index (κ3) is 4.28. The molecule has 0 saturated carbocycles. The summed E-state index contributed by atoms with van der Waals surface area (Å²) in [6.45, 7) is 0. The van der Waals surface area contributed by atoms with E-state index in [1.807, 2.05) is 0 Å². The third-order valence-corrected chi connectivity index (χ3v) is 7.49. The van der Waals surface area contributed by atoms with E-state index in [1.54, 1.807) is 47.1 Å². The van der Waals surface area contributed by atoms with Crippen LogP contribution in [-0.2, 0) is 0 Å². The summed E-state index contributed by atoms with van der Waals surface area (Å²) in [7, 11) is -2.62. The first-order valence-electron chi connectivity index (χ1n) is 10.3. The van der Waals surface area contributed by atoms with E-state index >= 15 is 0 Å². The van der Waals surface area contributed by atoms with Crippen molar-refractivity contribution in [1.29, 1.82) is 0 Å². The summed E-state index contributed by atoms with van der Waals surface area (Å²) in [5.41, 5.74) is 2.75. The minimum Gasteiger partial charge on any atom is -0.619 e. The third-order valence-electron chi connectivity index (χ3n) is 5.66. The van der Waals surface area contributed by atoms with Crippen molar-refractivity contribution in [2.45, 2.75) is 12.5 Å². The summed E-state index contributed by atoms with van der Waals surface area (Å²) in [5, 5.41) is 20.1. The van der Waals surface area contributed by atoms with Crippen molar-refractivity contribution in [1.82, 2.24) is 15.1 Å². The Kier molecular flexibility index (Phi) is 5.28. The fourth-order valence-corrected chi connectivity index (χ4v) is 5.77. The number of rotatable bonds is 4. The van der Waals surface area contributed by atoms with Gasteiger partial charge in [0.1, 0.15) is 11.5 Å². The average molecular weight is 469 g/mol. The highest BCUT2D eigenvalue weighted by atomic mass is 32.3. The topological polar surface area (TPSA) is 114 Å². The van der Waals surface area contributed by atoms with Crippen molar-refractivity contribution < 1.29 is 23.0 Å². The highest BCUT2D eigenvalue weighted by molar-refractivity contribution is 8.24. The van der Waals surface area contributed by atoms with Crippen LogP contribution in [0.15, 0.2) is 67.0 Å². The first kappa shape index (κ1) is 21.4. The molecule has 1 saturated heterocycles. The first-order chi connectivity index (χ1) is 15.8. The predicted octanol–water partition coefficient (Wildman–Crippen LogP) is 3.72. The van der Waals surface area contributed by atoms with Gasteiger partial charge < -0.3 is 10.5 Å². The Morgan fingerprint density at radius 1 is 1.21 bits per heavy atom. The van der Waals surface area contributed by atoms with Gasteiger partial charge in [-0.15, -0.1) is 0 Å². The van der Waals surface area contributed by atoms with Gasteiger partial charge in [-0.25, -0.2) is 9.07 Å². The number of nitrogens with one attached hydrogen (secondary N) is 1. The van der Waals surface area contributed by atoms with Crippen molar-refractivity contribution in [3.63, 3.8) is 0 Å². The molecule has 0 spiro atoms. The molecule has 1 aliphatic rings. The van der Waals surface area contributed by atoms with Crippen LogP contribution in [-0.4, -0.2) is 42.3 Å². The van der Waals surface area contributed by atoms with Gasteiger partial charge in [0.25, 0.3) is 5.91 Å². The van der Waals surface area contributed by atoms with Gasteiger partial charge in [-0.05, 0) is 55.0 Å². The number of benzene rings is 2. The molecule has 3 heterocycles. The minimum atomic E-state index is -2.62. The number of halogens is 1. The Bertz CT molecular complexity index is 1360. The molecule has 5 rings (SSSR count). The zero-order valence-corrected chi connectivity index (χ0v) is 18.2. The maximum Gasteiger partial charge on any atom is 0.251 e. The van der Waals surface area contributed by atoms with E-state index in [0.29, 0.717) is 39.2 Å². The van der Waals surface area contributed by atoms with Gasteiger partial charge >= 0.3 is 0 Å². The molecule has 1 atom stereocenters. The van der Waals surface area contributed by atoms with E-state index < -0.39 is 10.6 Å². The van der Waals surface area contributed by atoms with Gasteiger partial charge in [-0.1, -0.05) is 0 Å². The summed E-state index contributed by atoms with van der Waals surface area (Å²) in [6, 6.07) is 14.0. The van der Waals surface area contributed by atoms with E-state index in [-0.39, 0.29) is 29.3 Å². The molecule has 1 aliphatic heterocycles. The van der Waals surface area contributed by atoms with E-state index in [0.717, 1.165) is 5.39 Å². The lowest BCUT2D eigenvalue weighted by Gasteiger charge is -2.26. The maximum atomic E-state index is 13.5. The summed E-state index contributed by atoms with van der Waals surface area (Å²) < 4.78 is 35.4. The normalized spacial score (nSPS) is 18.3. The van der Waals surface area contributed by atoms with Crippen molar-refractivity contribution in [3.05, 3.63) is 83.6 Å². The summed E-state index contributed by atoms with van der Waals surface area (Å²) in [5.74, 6) is -0.269. The van der Waals surface area contributed by atoms with Crippen LogP contribution >= 0.6 is 10.6 Å². The molecule has 0 bridgehead atoms. The molecule has 1 fully saturated rings. The lowest BCUT2D eigenvalue weighted by Crippen LogP contribution is -2.35. The Morgan fingerprint density at radius 2 is 2.00 bits per heavy atom. The summed E-state index contributed by atoms with van der Waals surface area (Å²) in [6.07, 6.45) is 3.30. The molecule has 170 valence electrons. The maximum absolute atomic E-state index is 13.5. The van der Waals surface area contributed by atoms with Gasteiger partial charge in [0, 0.05) is 28.8 Å². The number of amides is 1. The number of hydrogen-bond acceptors (Lipinski definition) is 5.